The maximum Gasteiger partial charge on any atom is 0.277 e. The van der Waals surface area contributed by atoms with E-state index < -0.39 is 5.91 Å². The van der Waals surface area contributed by atoms with Crippen molar-refractivity contribution in [1.82, 2.24) is 10.4 Å². The van der Waals surface area contributed by atoms with Crippen LogP contribution in [-0.4, -0.2) is 29.1 Å². The van der Waals surface area contributed by atoms with E-state index in [-0.39, 0.29) is 18.9 Å². The molecule has 0 bridgehead atoms. The van der Waals surface area contributed by atoms with E-state index in [1.165, 1.54) is 0 Å². The molecule has 142 valence electrons. The Morgan fingerprint density at radius 2 is 1.78 bits per heavy atom. The van der Waals surface area contributed by atoms with Gasteiger partial charge in [0.25, 0.3) is 5.91 Å². The highest BCUT2D eigenvalue weighted by atomic mass is 16.5. The zero-order valence-electron chi connectivity index (χ0n) is 16.0. The number of hydrogen-bond donors (Lipinski definition) is 2. The highest BCUT2D eigenvalue weighted by molar-refractivity contribution is 6.05. The molecule has 7 heteroatoms. The van der Waals surface area contributed by atoms with Gasteiger partial charge in [-0.2, -0.15) is 5.10 Å². The molecular weight excluding hydrogens is 344 g/mol. The van der Waals surface area contributed by atoms with Gasteiger partial charge in [0.2, 0.25) is 5.91 Å². The van der Waals surface area contributed by atoms with Gasteiger partial charge in [0, 0.05) is 11.4 Å². The number of pyridine rings is 1. The van der Waals surface area contributed by atoms with E-state index >= 15 is 0 Å². The summed E-state index contributed by atoms with van der Waals surface area (Å²) in [4.78, 5) is 28.0. The molecule has 0 aliphatic rings. The number of amides is 2. The second-order valence-corrected chi connectivity index (χ2v) is 6.38. The van der Waals surface area contributed by atoms with Crippen molar-refractivity contribution in [3.05, 3.63) is 53.2 Å². The second kappa shape index (κ2) is 9.47. The Morgan fingerprint density at radius 3 is 2.44 bits per heavy atom. The zero-order valence-corrected chi connectivity index (χ0v) is 16.0. The molecular formula is C20H24N4O3. The molecule has 2 N–H and O–H groups in total. The first-order valence-corrected chi connectivity index (χ1v) is 8.58. The number of hydrogen-bond acceptors (Lipinski definition) is 5. The third-order valence-electron chi connectivity index (χ3n) is 3.51. The van der Waals surface area contributed by atoms with Crippen molar-refractivity contribution < 1.29 is 14.3 Å². The van der Waals surface area contributed by atoms with Crippen molar-refractivity contribution >= 4 is 23.3 Å². The van der Waals surface area contributed by atoms with Gasteiger partial charge in [-0.25, -0.2) is 10.4 Å². The lowest BCUT2D eigenvalue weighted by molar-refractivity contribution is -0.123. The van der Waals surface area contributed by atoms with Crippen LogP contribution >= 0.6 is 0 Å². The van der Waals surface area contributed by atoms with Gasteiger partial charge in [-0.3, -0.25) is 9.59 Å². The predicted molar refractivity (Wildman–Crippen MR) is 105 cm³/mol. The minimum Gasteiger partial charge on any atom is -0.484 e. The highest BCUT2D eigenvalue weighted by Gasteiger charge is 2.07. The number of hydrazone groups is 1. The maximum absolute atomic E-state index is 12.0. The number of ether oxygens (including phenoxy) is 1. The molecule has 0 aliphatic carbocycles. The molecule has 0 saturated heterocycles. The zero-order chi connectivity index (χ0) is 19.8. The van der Waals surface area contributed by atoms with Crippen LogP contribution in [0.1, 0.15) is 30.2 Å². The number of aromatic nitrogens is 1. The first-order chi connectivity index (χ1) is 12.8. The summed E-state index contributed by atoms with van der Waals surface area (Å²) in [5, 5.41) is 6.62. The summed E-state index contributed by atoms with van der Waals surface area (Å²) in [6, 6.07) is 11.1. The van der Waals surface area contributed by atoms with Crippen LogP contribution < -0.4 is 15.5 Å². The molecule has 2 amide bonds. The molecule has 1 heterocycles. The minimum atomic E-state index is -0.394. The molecule has 1 aromatic heterocycles. The average molecular weight is 368 g/mol. The standard InChI is InChI=1S/C20H24N4O3/c1-13-8-14(2)10-17(9-13)27-12-20(26)24-23-16(4)11-19(25)22-18-7-5-6-15(3)21-18/h5-10H,11-12H2,1-4H3,(H,24,26)(H,21,22,25)/b23-16-. The fourth-order valence-electron chi connectivity index (χ4n) is 2.43. The van der Waals surface area contributed by atoms with Crippen LogP contribution in [0, 0.1) is 20.8 Å². The fourth-order valence-corrected chi connectivity index (χ4v) is 2.43. The Balaban J connectivity index is 1.78. The van der Waals surface area contributed by atoms with Crippen LogP contribution in [-0.2, 0) is 9.59 Å². The van der Waals surface area contributed by atoms with Gasteiger partial charge in [-0.1, -0.05) is 12.1 Å². The molecule has 0 aliphatic heterocycles. The lowest BCUT2D eigenvalue weighted by Crippen LogP contribution is -2.26. The summed E-state index contributed by atoms with van der Waals surface area (Å²) in [7, 11) is 0. The first kappa shape index (κ1) is 20.1. The molecule has 27 heavy (non-hydrogen) atoms. The summed E-state index contributed by atoms with van der Waals surface area (Å²) in [5.41, 5.74) is 5.80. The SMILES string of the molecule is C/C(CC(=O)Nc1cccc(C)n1)=N/NC(=O)COc1cc(C)cc(C)c1. The predicted octanol–water partition coefficient (Wildman–Crippen LogP) is 2.91. The average Bonchev–Trinajstić information content (AvgIpc) is 2.57. The Labute approximate surface area is 158 Å². The molecule has 0 radical (unpaired) electrons. The van der Waals surface area contributed by atoms with Crippen molar-refractivity contribution in [2.24, 2.45) is 5.10 Å². The monoisotopic (exact) mass is 368 g/mol. The van der Waals surface area contributed by atoms with Gasteiger partial charge in [0.1, 0.15) is 11.6 Å². The van der Waals surface area contributed by atoms with E-state index in [4.69, 9.17) is 4.74 Å². The van der Waals surface area contributed by atoms with Crippen LogP contribution in [0.15, 0.2) is 41.5 Å². The van der Waals surface area contributed by atoms with Gasteiger partial charge in [-0.15, -0.1) is 0 Å². The lowest BCUT2D eigenvalue weighted by Gasteiger charge is -2.08. The Morgan fingerprint density at radius 1 is 1.07 bits per heavy atom. The minimum absolute atomic E-state index is 0.0494. The molecule has 2 rings (SSSR count). The molecule has 0 atom stereocenters. The molecule has 7 nitrogen and oxygen atoms in total. The van der Waals surface area contributed by atoms with Crippen LogP contribution in [0.4, 0.5) is 5.82 Å². The Hall–Kier alpha value is -3.22. The summed E-state index contributed by atoms with van der Waals surface area (Å²) in [5.74, 6) is 0.469. The largest absolute Gasteiger partial charge is 0.484 e. The normalized spacial score (nSPS) is 11.0. The number of anilines is 1. The first-order valence-electron chi connectivity index (χ1n) is 8.58. The topological polar surface area (TPSA) is 92.7 Å². The van der Waals surface area contributed by atoms with E-state index in [9.17, 15) is 9.59 Å². The van der Waals surface area contributed by atoms with Crippen molar-refractivity contribution in [2.75, 3.05) is 11.9 Å². The molecule has 0 saturated carbocycles. The number of aryl methyl sites for hydroxylation is 3. The summed E-state index contributed by atoms with van der Waals surface area (Å²) in [6.07, 6.45) is 0.0494. The molecule has 0 fully saturated rings. The van der Waals surface area contributed by atoms with Crippen molar-refractivity contribution in [3.8, 4) is 5.75 Å². The Kier molecular flexibility index (Phi) is 7.05. The summed E-state index contributed by atoms with van der Waals surface area (Å²) >= 11 is 0. The van der Waals surface area contributed by atoms with Crippen LogP contribution in [0.25, 0.3) is 0 Å². The number of rotatable bonds is 7. The van der Waals surface area contributed by atoms with Gasteiger partial charge in [0.15, 0.2) is 6.61 Å². The van der Waals surface area contributed by atoms with Crippen LogP contribution in [0.2, 0.25) is 0 Å². The van der Waals surface area contributed by atoms with E-state index in [0.717, 1.165) is 16.8 Å². The van der Waals surface area contributed by atoms with Crippen LogP contribution in [0.5, 0.6) is 5.75 Å². The molecule has 2 aromatic rings. The number of carbonyl (C=O) groups excluding carboxylic acids is 2. The maximum atomic E-state index is 12.0. The van der Waals surface area contributed by atoms with Gasteiger partial charge >= 0.3 is 0 Å². The number of nitrogens with zero attached hydrogens (tertiary/aromatic N) is 2. The van der Waals surface area contributed by atoms with Gasteiger partial charge in [0.05, 0.1) is 6.42 Å². The number of carbonyl (C=O) groups is 2. The second-order valence-electron chi connectivity index (χ2n) is 6.38. The number of nitrogens with one attached hydrogen (secondary N) is 2. The summed E-state index contributed by atoms with van der Waals surface area (Å²) in [6.45, 7) is 7.28. The van der Waals surface area contributed by atoms with Crippen molar-refractivity contribution in [3.63, 3.8) is 0 Å². The third kappa shape index (κ3) is 7.27. The third-order valence-corrected chi connectivity index (χ3v) is 3.51. The van der Waals surface area contributed by atoms with Gasteiger partial charge < -0.3 is 10.1 Å². The molecule has 0 unspecified atom stereocenters. The van der Waals surface area contributed by atoms with Gasteiger partial charge in [-0.05, 0) is 63.1 Å². The smallest absolute Gasteiger partial charge is 0.277 e. The highest BCUT2D eigenvalue weighted by Crippen LogP contribution is 2.15. The molecule has 1 aromatic carbocycles. The van der Waals surface area contributed by atoms with E-state index in [1.54, 1.807) is 13.0 Å². The quantitative estimate of drug-likeness (QED) is 0.580. The van der Waals surface area contributed by atoms with E-state index in [2.05, 4.69) is 20.8 Å². The van der Waals surface area contributed by atoms with Crippen molar-refractivity contribution in [2.45, 2.75) is 34.1 Å². The molecule has 0 spiro atoms. The summed E-state index contributed by atoms with van der Waals surface area (Å²) < 4.78 is 5.46. The van der Waals surface area contributed by atoms with Crippen molar-refractivity contribution in [1.29, 1.82) is 0 Å². The van der Waals surface area contributed by atoms with E-state index in [0.29, 0.717) is 17.3 Å². The lowest BCUT2D eigenvalue weighted by atomic mass is 10.1. The number of benzene rings is 1. The fraction of sp³-hybridized carbons (Fsp3) is 0.300. The van der Waals surface area contributed by atoms with Crippen LogP contribution in [0.3, 0.4) is 0 Å². The van der Waals surface area contributed by atoms with E-state index in [1.807, 2.05) is 51.1 Å². The Bertz CT molecular complexity index is 842.